The molecule has 0 radical (unpaired) electrons. The first-order chi connectivity index (χ1) is 14.5. The maximum atomic E-state index is 11.9. The molecule has 2 heterocycles. The summed E-state index contributed by atoms with van der Waals surface area (Å²) in [6.45, 7) is 4.57. The van der Waals surface area contributed by atoms with Crippen molar-refractivity contribution in [2.75, 3.05) is 33.7 Å². The van der Waals surface area contributed by atoms with Gasteiger partial charge in [-0.05, 0) is 43.3 Å². The monoisotopic (exact) mass is 554 g/mol. The van der Waals surface area contributed by atoms with E-state index in [-0.39, 0.29) is 36.4 Å². The Morgan fingerprint density at radius 2 is 1.94 bits per heavy atom. The molecule has 0 atom stereocenters. The first kappa shape index (κ1) is 25.1. The van der Waals surface area contributed by atoms with Crippen LogP contribution in [-0.4, -0.2) is 60.0 Å². The molecule has 0 aliphatic rings. The van der Waals surface area contributed by atoms with E-state index in [0.717, 1.165) is 49.3 Å². The number of imidazole rings is 1. The average molecular weight is 555 g/mol. The lowest BCUT2D eigenvalue weighted by atomic mass is 10.3. The number of para-hydroxylation sites is 2. The smallest absolute Gasteiger partial charge is 0.243 e. The summed E-state index contributed by atoms with van der Waals surface area (Å²) >= 11 is 1.75. The van der Waals surface area contributed by atoms with Crippen LogP contribution in [-0.2, 0) is 17.8 Å². The van der Waals surface area contributed by atoms with Gasteiger partial charge in [-0.2, -0.15) is 0 Å². The van der Waals surface area contributed by atoms with Gasteiger partial charge >= 0.3 is 0 Å². The quantitative estimate of drug-likeness (QED) is 0.184. The molecule has 2 N–H and O–H groups in total. The third-order valence-electron chi connectivity index (χ3n) is 4.81. The first-order valence-corrected chi connectivity index (χ1v) is 11.1. The molecule has 3 rings (SSSR count). The highest BCUT2D eigenvalue weighted by Gasteiger charge is 2.07. The average Bonchev–Trinajstić information content (AvgIpc) is 3.35. The van der Waals surface area contributed by atoms with Crippen LogP contribution in [0, 0.1) is 6.92 Å². The molecule has 0 fully saturated rings. The second-order valence-corrected chi connectivity index (χ2v) is 8.32. The van der Waals surface area contributed by atoms with Crippen LogP contribution in [0.25, 0.3) is 11.0 Å². The van der Waals surface area contributed by atoms with Gasteiger partial charge in [-0.3, -0.25) is 4.79 Å². The zero-order valence-electron chi connectivity index (χ0n) is 18.3. The van der Waals surface area contributed by atoms with Gasteiger partial charge in [-0.1, -0.05) is 18.2 Å². The molecule has 0 spiro atoms. The van der Waals surface area contributed by atoms with Gasteiger partial charge in [-0.15, -0.1) is 35.3 Å². The molecular formula is C22H31IN6OS. The summed E-state index contributed by atoms with van der Waals surface area (Å²) in [7, 11) is 3.49. The second kappa shape index (κ2) is 12.7. The Morgan fingerprint density at radius 1 is 1.16 bits per heavy atom. The van der Waals surface area contributed by atoms with Crippen LogP contribution in [0.5, 0.6) is 0 Å². The molecule has 0 aliphatic heterocycles. The number of hydrogen-bond donors (Lipinski definition) is 2. The number of nitrogens with one attached hydrogen (secondary N) is 2. The minimum Gasteiger partial charge on any atom is -0.356 e. The van der Waals surface area contributed by atoms with Crippen LogP contribution in [0.3, 0.4) is 0 Å². The zero-order valence-corrected chi connectivity index (χ0v) is 21.4. The molecule has 9 heteroatoms. The van der Waals surface area contributed by atoms with Crippen LogP contribution < -0.4 is 10.6 Å². The van der Waals surface area contributed by atoms with E-state index in [1.54, 1.807) is 30.3 Å². The highest BCUT2D eigenvalue weighted by atomic mass is 127. The number of amides is 1. The molecule has 0 bridgehead atoms. The maximum Gasteiger partial charge on any atom is 0.243 e. The van der Waals surface area contributed by atoms with Gasteiger partial charge in [0.05, 0.1) is 11.0 Å². The molecule has 3 aromatic rings. The minimum absolute atomic E-state index is 0. The SMILES string of the molecule is Cc1nc2ccccc2n1CCCNC(=NCC(=O)N(C)C)NCCc1cccs1.I. The van der Waals surface area contributed by atoms with Gasteiger partial charge < -0.3 is 20.1 Å². The molecule has 2 aromatic heterocycles. The third-order valence-corrected chi connectivity index (χ3v) is 5.75. The van der Waals surface area contributed by atoms with Crippen LogP contribution in [0.2, 0.25) is 0 Å². The van der Waals surface area contributed by atoms with E-state index in [4.69, 9.17) is 0 Å². The summed E-state index contributed by atoms with van der Waals surface area (Å²) in [6, 6.07) is 12.4. The van der Waals surface area contributed by atoms with Gasteiger partial charge in [-0.25, -0.2) is 9.98 Å². The predicted octanol–water partition coefficient (Wildman–Crippen LogP) is 3.28. The Balaban J connectivity index is 0.00000341. The highest BCUT2D eigenvalue weighted by molar-refractivity contribution is 14.0. The van der Waals surface area contributed by atoms with Crippen molar-refractivity contribution in [3.05, 3.63) is 52.5 Å². The molecule has 0 saturated carbocycles. The van der Waals surface area contributed by atoms with Crippen molar-refractivity contribution >= 4 is 58.2 Å². The van der Waals surface area contributed by atoms with Crippen molar-refractivity contribution in [2.45, 2.75) is 26.3 Å². The number of halogens is 1. The molecule has 1 aromatic carbocycles. The fraction of sp³-hybridized carbons (Fsp3) is 0.409. The fourth-order valence-corrected chi connectivity index (χ4v) is 3.85. The summed E-state index contributed by atoms with van der Waals surface area (Å²) in [6.07, 6.45) is 1.86. The molecule has 7 nitrogen and oxygen atoms in total. The first-order valence-electron chi connectivity index (χ1n) is 10.2. The molecule has 0 aliphatic carbocycles. The van der Waals surface area contributed by atoms with Crippen molar-refractivity contribution in [2.24, 2.45) is 4.99 Å². The predicted molar refractivity (Wildman–Crippen MR) is 140 cm³/mol. The maximum absolute atomic E-state index is 11.9. The lowest BCUT2D eigenvalue weighted by Crippen LogP contribution is -2.40. The number of benzene rings is 1. The third kappa shape index (κ3) is 7.49. The molecular weight excluding hydrogens is 523 g/mol. The van der Waals surface area contributed by atoms with Crippen LogP contribution in [0.15, 0.2) is 46.8 Å². The second-order valence-electron chi connectivity index (χ2n) is 7.29. The number of rotatable bonds is 9. The highest BCUT2D eigenvalue weighted by Crippen LogP contribution is 2.15. The van der Waals surface area contributed by atoms with E-state index in [2.05, 4.69) is 48.8 Å². The number of thiophene rings is 1. The number of nitrogens with zero attached hydrogens (tertiary/aromatic N) is 4. The standard InChI is InChI=1S/C22H30N6OS.HI/c1-17-26-19-9-4-5-10-20(19)28(17)14-7-12-23-22(25-16-21(29)27(2)3)24-13-11-18-8-6-15-30-18;/h4-6,8-10,15H,7,11-14,16H2,1-3H3,(H2,23,24,25);1H. The molecule has 0 saturated heterocycles. The Labute approximate surface area is 205 Å². The Hall–Kier alpha value is -2.14. The lowest BCUT2D eigenvalue weighted by Gasteiger charge is -2.14. The van der Waals surface area contributed by atoms with E-state index in [0.29, 0.717) is 5.96 Å². The van der Waals surface area contributed by atoms with Gasteiger partial charge in [0.15, 0.2) is 5.96 Å². The summed E-state index contributed by atoms with van der Waals surface area (Å²) < 4.78 is 2.24. The number of aryl methyl sites for hydroxylation is 2. The van der Waals surface area contributed by atoms with Crippen molar-refractivity contribution in [1.82, 2.24) is 25.1 Å². The normalized spacial score (nSPS) is 11.3. The van der Waals surface area contributed by atoms with Gasteiger partial charge in [0, 0.05) is 38.6 Å². The van der Waals surface area contributed by atoms with Gasteiger partial charge in [0.2, 0.25) is 5.91 Å². The van der Waals surface area contributed by atoms with Gasteiger partial charge in [0.1, 0.15) is 12.4 Å². The largest absolute Gasteiger partial charge is 0.356 e. The lowest BCUT2D eigenvalue weighted by molar-refractivity contribution is -0.127. The van der Waals surface area contributed by atoms with Crippen molar-refractivity contribution in [3.63, 3.8) is 0 Å². The van der Waals surface area contributed by atoms with E-state index in [9.17, 15) is 4.79 Å². The van der Waals surface area contributed by atoms with E-state index < -0.39 is 0 Å². The summed E-state index contributed by atoms with van der Waals surface area (Å²) in [5.41, 5.74) is 2.19. The van der Waals surface area contributed by atoms with Crippen LogP contribution in [0.4, 0.5) is 0 Å². The molecule has 1 amide bonds. The van der Waals surface area contributed by atoms with Crippen LogP contribution >= 0.6 is 35.3 Å². The Morgan fingerprint density at radius 3 is 2.68 bits per heavy atom. The van der Waals surface area contributed by atoms with E-state index >= 15 is 0 Å². The fourth-order valence-electron chi connectivity index (χ4n) is 3.14. The van der Waals surface area contributed by atoms with Crippen molar-refractivity contribution < 1.29 is 4.79 Å². The van der Waals surface area contributed by atoms with Gasteiger partial charge in [0.25, 0.3) is 0 Å². The Kier molecular flexibility index (Phi) is 10.3. The molecule has 168 valence electrons. The van der Waals surface area contributed by atoms with E-state index in [1.807, 2.05) is 25.1 Å². The number of guanidine groups is 1. The summed E-state index contributed by atoms with van der Waals surface area (Å²) in [5.74, 6) is 1.68. The van der Waals surface area contributed by atoms with Crippen molar-refractivity contribution in [1.29, 1.82) is 0 Å². The molecule has 0 unspecified atom stereocenters. The summed E-state index contributed by atoms with van der Waals surface area (Å²) in [5, 5.41) is 8.79. The van der Waals surface area contributed by atoms with Crippen molar-refractivity contribution in [3.8, 4) is 0 Å². The number of aromatic nitrogens is 2. The number of carbonyl (C=O) groups is 1. The number of likely N-dealkylation sites (N-methyl/N-ethyl adjacent to an activating group) is 1. The number of aliphatic imine (C=N–C) groups is 1. The molecule has 31 heavy (non-hydrogen) atoms. The number of hydrogen-bond acceptors (Lipinski definition) is 4. The van der Waals surface area contributed by atoms with Crippen LogP contribution in [0.1, 0.15) is 17.1 Å². The Bertz CT molecular complexity index is 983. The summed E-state index contributed by atoms with van der Waals surface area (Å²) in [4.78, 5) is 23.9. The van der Waals surface area contributed by atoms with E-state index in [1.165, 1.54) is 4.88 Å². The number of fused-ring (bicyclic) bond motifs is 1. The topological polar surface area (TPSA) is 74.5 Å². The zero-order chi connectivity index (χ0) is 21.3. The minimum atomic E-state index is -0.0186. The number of carbonyl (C=O) groups excluding carboxylic acids is 1.